The average molecular weight is 264 g/mol. The average Bonchev–Trinajstić information content (AvgIpc) is 2.16. The van der Waals surface area contributed by atoms with E-state index in [-0.39, 0.29) is 5.75 Å². The third kappa shape index (κ3) is 3.21. The van der Waals surface area contributed by atoms with E-state index in [1.54, 1.807) is 18.2 Å². The van der Waals surface area contributed by atoms with Crippen LogP contribution in [0, 0.1) is 0 Å². The third-order valence-corrected chi connectivity index (χ3v) is 6.16. The predicted octanol–water partition coefficient (Wildman–Crippen LogP) is 0.786. The third-order valence-electron chi connectivity index (χ3n) is 1.97. The lowest BCUT2D eigenvalue weighted by Gasteiger charge is -2.11. The van der Waals surface area contributed by atoms with Crippen molar-refractivity contribution in [1.29, 1.82) is 0 Å². The van der Waals surface area contributed by atoms with E-state index in [1.165, 1.54) is 12.1 Å². The van der Waals surface area contributed by atoms with Gasteiger partial charge in [-0.05, 0) is 19.1 Å². The first-order chi connectivity index (χ1) is 7.23. The minimum absolute atomic E-state index is 0.0954. The molecule has 0 N–H and O–H groups in total. The normalized spacial score (nSPS) is 14.4. The Morgan fingerprint density at radius 1 is 1.06 bits per heavy atom. The highest BCUT2D eigenvalue weighted by atomic mass is 32.3. The van der Waals surface area contributed by atoms with Gasteiger partial charge in [0.25, 0.3) is 0 Å². The summed E-state index contributed by atoms with van der Waals surface area (Å²) in [6.07, 6.45) is 0.851. The second kappa shape index (κ2) is 4.42. The van der Waals surface area contributed by atoms with Gasteiger partial charge in [0.15, 0.2) is 14.4 Å². The van der Waals surface area contributed by atoms with E-state index in [1.807, 2.05) is 0 Å². The Labute approximate surface area is 95.1 Å². The molecule has 0 spiro atoms. The molecule has 0 radical (unpaired) electrons. The second-order valence-electron chi connectivity index (χ2n) is 3.29. The van der Waals surface area contributed by atoms with Crippen LogP contribution < -0.4 is 4.18 Å². The summed E-state index contributed by atoms with van der Waals surface area (Å²) in [4.78, 5) is 0. The van der Waals surface area contributed by atoms with Crippen LogP contribution in [0.5, 0.6) is 5.75 Å². The summed E-state index contributed by atoms with van der Waals surface area (Å²) in [5.74, 6) is 0.0954. The molecule has 0 saturated heterocycles. The molecular weight excluding hydrogens is 252 g/mol. The van der Waals surface area contributed by atoms with Crippen molar-refractivity contribution in [2.24, 2.45) is 0 Å². The molecule has 1 aromatic rings. The molecule has 0 bridgehead atoms. The highest BCUT2D eigenvalue weighted by molar-refractivity contribution is 8.06. The smallest absolute Gasteiger partial charge is 0.326 e. The molecule has 16 heavy (non-hydrogen) atoms. The van der Waals surface area contributed by atoms with E-state index in [0.29, 0.717) is 0 Å². The number of para-hydroxylation sites is 1. The molecule has 7 heteroatoms. The summed E-state index contributed by atoms with van der Waals surface area (Å²) < 4.78 is 48.4. The van der Waals surface area contributed by atoms with Gasteiger partial charge in [-0.2, -0.15) is 8.42 Å². The van der Waals surface area contributed by atoms with Crippen molar-refractivity contribution in [2.75, 3.05) is 6.26 Å². The van der Waals surface area contributed by atoms with Gasteiger partial charge >= 0.3 is 10.1 Å². The fourth-order valence-corrected chi connectivity index (χ4v) is 3.24. The molecule has 0 aliphatic carbocycles. The first-order valence-corrected chi connectivity index (χ1v) is 7.83. The Hall–Kier alpha value is -1.08. The fourth-order valence-electron chi connectivity index (χ4n) is 0.892. The van der Waals surface area contributed by atoms with Gasteiger partial charge in [0, 0.05) is 6.26 Å². The molecule has 1 aromatic carbocycles. The van der Waals surface area contributed by atoms with Gasteiger partial charge in [0.2, 0.25) is 0 Å². The van der Waals surface area contributed by atoms with Gasteiger partial charge in [0.1, 0.15) is 5.75 Å². The Balaban J connectivity index is 2.98. The first-order valence-electron chi connectivity index (χ1n) is 4.41. The quantitative estimate of drug-likeness (QED) is 0.751. The molecule has 90 valence electrons. The minimum Gasteiger partial charge on any atom is -0.382 e. The Morgan fingerprint density at radius 2 is 1.56 bits per heavy atom. The second-order valence-corrected chi connectivity index (χ2v) is 7.81. The number of hydrogen-bond donors (Lipinski definition) is 0. The molecule has 0 heterocycles. The zero-order chi connectivity index (χ0) is 12.4. The van der Waals surface area contributed by atoms with E-state index in [9.17, 15) is 16.8 Å². The maximum atomic E-state index is 11.5. The van der Waals surface area contributed by atoms with Crippen LogP contribution in [-0.4, -0.2) is 27.7 Å². The number of benzene rings is 1. The largest absolute Gasteiger partial charge is 0.382 e. The maximum Gasteiger partial charge on any atom is 0.326 e. The van der Waals surface area contributed by atoms with Crippen molar-refractivity contribution in [3.05, 3.63) is 30.3 Å². The molecule has 1 atom stereocenters. The van der Waals surface area contributed by atoms with Crippen LogP contribution in [0.25, 0.3) is 0 Å². The van der Waals surface area contributed by atoms with E-state index >= 15 is 0 Å². The fraction of sp³-hybridized carbons (Fsp3) is 0.333. The SMILES string of the molecule is CC(S(C)(=O)=O)S(=O)(=O)Oc1ccccc1. The van der Waals surface area contributed by atoms with Gasteiger partial charge in [-0.1, -0.05) is 18.2 Å². The van der Waals surface area contributed by atoms with Gasteiger partial charge in [-0.3, -0.25) is 0 Å². The van der Waals surface area contributed by atoms with Crippen molar-refractivity contribution < 1.29 is 21.0 Å². The summed E-state index contributed by atoms with van der Waals surface area (Å²) in [5.41, 5.74) is 0. The lowest BCUT2D eigenvalue weighted by atomic mass is 10.3. The number of hydrogen-bond acceptors (Lipinski definition) is 5. The molecule has 1 rings (SSSR count). The predicted molar refractivity (Wildman–Crippen MR) is 60.3 cm³/mol. The Bertz CT molecular complexity index is 545. The summed E-state index contributed by atoms with van der Waals surface area (Å²) in [5, 5.41) is 0. The van der Waals surface area contributed by atoms with Crippen molar-refractivity contribution in [3.63, 3.8) is 0 Å². The summed E-state index contributed by atoms with van der Waals surface area (Å²) in [7, 11) is -7.85. The van der Waals surface area contributed by atoms with E-state index in [2.05, 4.69) is 4.18 Å². The minimum atomic E-state index is -4.16. The highest BCUT2D eigenvalue weighted by Crippen LogP contribution is 2.16. The first kappa shape index (κ1) is 13.0. The van der Waals surface area contributed by atoms with Crippen LogP contribution in [-0.2, 0) is 20.0 Å². The van der Waals surface area contributed by atoms with E-state index in [4.69, 9.17) is 0 Å². The standard InChI is InChI=1S/C9H12O5S2/c1-8(15(2,10)11)16(12,13)14-9-6-4-3-5-7-9/h3-8H,1-2H3. The number of sulfone groups is 1. The van der Waals surface area contributed by atoms with Crippen LogP contribution in [0.4, 0.5) is 0 Å². The molecule has 1 unspecified atom stereocenters. The van der Waals surface area contributed by atoms with Crippen LogP contribution >= 0.6 is 0 Å². The molecule has 0 aromatic heterocycles. The monoisotopic (exact) mass is 264 g/mol. The highest BCUT2D eigenvalue weighted by Gasteiger charge is 2.31. The lowest BCUT2D eigenvalue weighted by molar-refractivity contribution is 0.482. The molecule has 0 amide bonds. The van der Waals surface area contributed by atoms with Crippen molar-refractivity contribution in [1.82, 2.24) is 0 Å². The molecule has 0 fully saturated rings. The molecule has 5 nitrogen and oxygen atoms in total. The molecule has 0 saturated carbocycles. The summed E-state index contributed by atoms with van der Waals surface area (Å²) >= 11 is 0. The Kier molecular flexibility index (Phi) is 3.59. The van der Waals surface area contributed by atoms with Gasteiger partial charge in [-0.15, -0.1) is 0 Å². The van der Waals surface area contributed by atoms with Crippen LogP contribution in [0.2, 0.25) is 0 Å². The van der Waals surface area contributed by atoms with Crippen LogP contribution in [0.3, 0.4) is 0 Å². The zero-order valence-electron chi connectivity index (χ0n) is 8.82. The van der Waals surface area contributed by atoms with Gasteiger partial charge < -0.3 is 4.18 Å². The van der Waals surface area contributed by atoms with Crippen molar-refractivity contribution in [2.45, 2.75) is 11.5 Å². The van der Waals surface area contributed by atoms with Crippen molar-refractivity contribution in [3.8, 4) is 5.75 Å². The van der Waals surface area contributed by atoms with Crippen LogP contribution in [0.15, 0.2) is 30.3 Å². The zero-order valence-corrected chi connectivity index (χ0v) is 10.5. The molecule has 0 aliphatic heterocycles. The van der Waals surface area contributed by atoms with Gasteiger partial charge in [-0.25, -0.2) is 8.42 Å². The number of rotatable bonds is 4. The van der Waals surface area contributed by atoms with E-state index in [0.717, 1.165) is 13.2 Å². The van der Waals surface area contributed by atoms with Crippen LogP contribution in [0.1, 0.15) is 6.92 Å². The maximum absolute atomic E-state index is 11.5. The summed E-state index contributed by atoms with van der Waals surface area (Å²) in [6.45, 7) is 1.08. The summed E-state index contributed by atoms with van der Waals surface area (Å²) in [6, 6.07) is 7.75. The topological polar surface area (TPSA) is 77.5 Å². The van der Waals surface area contributed by atoms with Crippen molar-refractivity contribution >= 4 is 20.0 Å². The van der Waals surface area contributed by atoms with Gasteiger partial charge in [0.05, 0.1) is 0 Å². The van der Waals surface area contributed by atoms with E-state index < -0.39 is 24.5 Å². The lowest BCUT2D eigenvalue weighted by Crippen LogP contribution is -2.30. The molecule has 0 aliphatic rings. The molecular formula is C9H12O5S2. The Morgan fingerprint density at radius 3 is 2.00 bits per heavy atom.